The number of carbonyl (C=O) groups excluding carboxylic acids is 10. The summed E-state index contributed by atoms with van der Waals surface area (Å²) in [6.07, 6.45) is 1.78. The SMILES string of the molecule is C=CCNC(=O)C(=O)C(CCC)NC(=O)[C@@H]1CCCN1C(=O)[C@@H](NC(=O)[C@@H](NC(=O)[C@H](CCC(=O)OC(C)(C)C)NC(=O)[C@H](CCC(=O)OC(C)(C)C)NC(C)=O)C(C)(C)C)C(C)C. The van der Waals surface area contributed by atoms with E-state index < -0.39 is 118 Å². The van der Waals surface area contributed by atoms with Gasteiger partial charge in [0.1, 0.15) is 41.4 Å². The van der Waals surface area contributed by atoms with Gasteiger partial charge in [0.2, 0.25) is 41.2 Å². The molecule has 0 aromatic heterocycles. The number of likely N-dealkylation sites (tertiary alicyclic amines) is 1. The number of carbonyl (C=O) groups is 10. The first kappa shape index (κ1) is 56.7. The Hall–Kier alpha value is -5.36. The van der Waals surface area contributed by atoms with Gasteiger partial charge in [-0.05, 0) is 85.0 Å². The number of amides is 7. The van der Waals surface area contributed by atoms with E-state index in [1.54, 1.807) is 83.1 Å². The van der Waals surface area contributed by atoms with Gasteiger partial charge in [0.05, 0.1) is 6.04 Å². The molecule has 1 heterocycles. The smallest absolute Gasteiger partial charge is 0.306 e. The Labute approximate surface area is 378 Å². The van der Waals surface area contributed by atoms with E-state index in [1.807, 2.05) is 0 Å². The summed E-state index contributed by atoms with van der Waals surface area (Å²) in [6, 6.07) is -7.34. The van der Waals surface area contributed by atoms with Gasteiger partial charge < -0.3 is 46.3 Å². The normalized spacial score (nSPS) is 16.5. The lowest BCUT2D eigenvalue weighted by Gasteiger charge is -2.35. The van der Waals surface area contributed by atoms with Gasteiger partial charge in [-0.3, -0.25) is 47.9 Å². The standard InChI is InChI=1S/C45H75N7O12/c1-15-18-28(35(56)40(60)46-24-16-2)48-39(59)31-19-17-25-52(31)42(62)34(26(3)4)50-41(61)36(43(6,7)8)51-38(58)30(21-23-33(55)64-45(12,13)14)49-37(57)29(47-27(5)53)20-22-32(54)63-44(9,10)11/h16,26,28-31,34,36H,2,15,17-25H2,1,3-14H3,(H,46,60)(H,47,53)(H,48,59)(H,49,57)(H,50,61)(H,51,58)/t28?,29-,30-,31-,34-,36+/m0/s1. The first-order valence-electron chi connectivity index (χ1n) is 22.1. The Bertz CT molecular complexity index is 1710. The van der Waals surface area contributed by atoms with Gasteiger partial charge in [-0.15, -0.1) is 6.58 Å². The second kappa shape index (κ2) is 25.2. The predicted molar refractivity (Wildman–Crippen MR) is 238 cm³/mol. The van der Waals surface area contributed by atoms with Crippen molar-refractivity contribution in [2.75, 3.05) is 13.1 Å². The van der Waals surface area contributed by atoms with Crippen LogP contribution in [0.15, 0.2) is 12.7 Å². The zero-order valence-electron chi connectivity index (χ0n) is 40.2. The number of rotatable bonds is 23. The monoisotopic (exact) mass is 906 g/mol. The van der Waals surface area contributed by atoms with Crippen molar-refractivity contribution in [1.29, 1.82) is 0 Å². The first-order valence-corrected chi connectivity index (χ1v) is 22.1. The van der Waals surface area contributed by atoms with Crippen molar-refractivity contribution < 1.29 is 57.4 Å². The van der Waals surface area contributed by atoms with E-state index >= 15 is 0 Å². The third-order valence-corrected chi connectivity index (χ3v) is 9.77. The topological polar surface area (TPSA) is 265 Å². The van der Waals surface area contributed by atoms with Gasteiger partial charge in [-0.25, -0.2) is 0 Å². The van der Waals surface area contributed by atoms with Crippen LogP contribution in [-0.2, 0) is 57.4 Å². The molecule has 19 nitrogen and oxygen atoms in total. The van der Waals surface area contributed by atoms with Crippen LogP contribution in [0, 0.1) is 11.3 Å². The van der Waals surface area contributed by atoms with Crippen LogP contribution in [0.5, 0.6) is 0 Å². The minimum atomic E-state index is -1.45. The van der Waals surface area contributed by atoms with E-state index in [0.29, 0.717) is 12.8 Å². The highest BCUT2D eigenvalue weighted by Gasteiger charge is 2.42. The van der Waals surface area contributed by atoms with Crippen LogP contribution >= 0.6 is 0 Å². The van der Waals surface area contributed by atoms with E-state index in [9.17, 15) is 47.9 Å². The number of ether oxygens (including phenoxy) is 2. The van der Waals surface area contributed by atoms with Crippen molar-refractivity contribution in [3.8, 4) is 0 Å². The largest absolute Gasteiger partial charge is 0.460 e. The Morgan fingerprint density at radius 1 is 0.703 bits per heavy atom. The van der Waals surface area contributed by atoms with Crippen LogP contribution in [0.1, 0.15) is 141 Å². The molecular formula is C45H75N7O12. The average molecular weight is 906 g/mol. The van der Waals surface area contributed by atoms with Gasteiger partial charge in [-0.1, -0.05) is 54.0 Å². The van der Waals surface area contributed by atoms with Crippen molar-refractivity contribution in [3.63, 3.8) is 0 Å². The molecular weight excluding hydrogens is 831 g/mol. The van der Waals surface area contributed by atoms with Crippen LogP contribution < -0.4 is 31.9 Å². The Morgan fingerprint density at radius 2 is 1.22 bits per heavy atom. The summed E-state index contributed by atoms with van der Waals surface area (Å²) in [6.45, 7) is 25.2. The van der Waals surface area contributed by atoms with Crippen molar-refractivity contribution in [2.24, 2.45) is 11.3 Å². The Morgan fingerprint density at radius 3 is 1.67 bits per heavy atom. The summed E-state index contributed by atoms with van der Waals surface area (Å²) in [5, 5.41) is 15.6. The number of Topliss-reactive ketones (excluding diaryl/α,β-unsaturated/α-hetero) is 1. The fourth-order valence-corrected chi connectivity index (χ4v) is 6.75. The summed E-state index contributed by atoms with van der Waals surface area (Å²) >= 11 is 0. The molecule has 1 fully saturated rings. The van der Waals surface area contributed by atoms with E-state index in [1.165, 1.54) is 17.9 Å². The van der Waals surface area contributed by atoms with Gasteiger partial charge in [0.15, 0.2) is 0 Å². The lowest BCUT2D eigenvalue weighted by atomic mass is 9.85. The molecule has 0 aromatic rings. The van der Waals surface area contributed by atoms with E-state index in [-0.39, 0.29) is 51.6 Å². The molecule has 1 unspecified atom stereocenters. The minimum absolute atomic E-state index is 0.0641. The van der Waals surface area contributed by atoms with Crippen LogP contribution in [0.4, 0.5) is 0 Å². The van der Waals surface area contributed by atoms with Crippen LogP contribution in [-0.4, -0.2) is 125 Å². The van der Waals surface area contributed by atoms with Gasteiger partial charge in [0, 0.05) is 32.9 Å². The molecule has 1 saturated heterocycles. The lowest BCUT2D eigenvalue weighted by Crippen LogP contribution is -2.62. The second-order valence-electron chi connectivity index (χ2n) is 19.5. The van der Waals surface area contributed by atoms with Crippen LogP contribution in [0.3, 0.4) is 0 Å². The maximum Gasteiger partial charge on any atom is 0.306 e. The quantitative estimate of drug-likeness (QED) is 0.0489. The lowest BCUT2D eigenvalue weighted by molar-refractivity contribution is -0.156. The highest BCUT2D eigenvalue weighted by Crippen LogP contribution is 2.24. The number of hydrogen-bond donors (Lipinski definition) is 6. The first-order chi connectivity index (χ1) is 29.4. The molecule has 0 bridgehead atoms. The van der Waals surface area contributed by atoms with E-state index in [4.69, 9.17) is 9.47 Å². The molecule has 0 saturated carbocycles. The molecule has 64 heavy (non-hydrogen) atoms. The van der Waals surface area contributed by atoms with Crippen LogP contribution in [0.25, 0.3) is 0 Å². The fourth-order valence-electron chi connectivity index (χ4n) is 6.75. The fraction of sp³-hybridized carbons (Fsp3) is 0.733. The Balaban J connectivity index is 3.42. The maximum absolute atomic E-state index is 14.2. The molecule has 1 aliphatic rings. The van der Waals surface area contributed by atoms with Gasteiger partial charge in [-0.2, -0.15) is 0 Å². The molecule has 0 radical (unpaired) electrons. The van der Waals surface area contributed by atoms with E-state index in [0.717, 1.165) is 0 Å². The Kier molecular flexibility index (Phi) is 22.3. The second-order valence-corrected chi connectivity index (χ2v) is 19.5. The minimum Gasteiger partial charge on any atom is -0.460 e. The molecule has 6 N–H and O–H groups in total. The molecule has 0 aliphatic carbocycles. The van der Waals surface area contributed by atoms with Crippen molar-refractivity contribution >= 4 is 59.1 Å². The van der Waals surface area contributed by atoms with Gasteiger partial charge in [0.25, 0.3) is 5.91 Å². The molecule has 6 atom stereocenters. The number of nitrogens with one attached hydrogen (secondary N) is 6. The molecule has 362 valence electrons. The maximum atomic E-state index is 14.2. The van der Waals surface area contributed by atoms with Gasteiger partial charge >= 0.3 is 11.9 Å². The molecule has 1 aliphatic heterocycles. The van der Waals surface area contributed by atoms with Crippen molar-refractivity contribution in [3.05, 3.63) is 12.7 Å². The molecule has 7 amide bonds. The molecule has 19 heteroatoms. The average Bonchev–Trinajstić information content (AvgIpc) is 3.65. The predicted octanol–water partition coefficient (Wildman–Crippen LogP) is 2.04. The van der Waals surface area contributed by atoms with Crippen molar-refractivity contribution in [1.82, 2.24) is 36.8 Å². The summed E-state index contributed by atoms with van der Waals surface area (Å²) < 4.78 is 10.8. The number of esters is 2. The number of nitrogens with zero attached hydrogens (tertiary/aromatic N) is 1. The third kappa shape index (κ3) is 20.0. The van der Waals surface area contributed by atoms with Crippen LogP contribution in [0.2, 0.25) is 0 Å². The van der Waals surface area contributed by atoms with Crippen molar-refractivity contribution in [2.45, 2.75) is 189 Å². The van der Waals surface area contributed by atoms with E-state index in [2.05, 4.69) is 38.5 Å². The third-order valence-electron chi connectivity index (χ3n) is 9.77. The highest BCUT2D eigenvalue weighted by molar-refractivity contribution is 6.38. The zero-order chi connectivity index (χ0) is 49.3. The molecule has 1 rings (SSSR count). The molecule has 0 aromatic carbocycles. The number of hydrogen-bond acceptors (Lipinski definition) is 12. The number of ketones is 1. The summed E-state index contributed by atoms with van der Waals surface area (Å²) in [7, 11) is 0. The molecule has 0 spiro atoms. The summed E-state index contributed by atoms with van der Waals surface area (Å²) in [5.41, 5.74) is -2.65. The summed E-state index contributed by atoms with van der Waals surface area (Å²) in [4.78, 5) is 134. The summed E-state index contributed by atoms with van der Waals surface area (Å²) in [5.74, 6) is -7.71. The zero-order valence-corrected chi connectivity index (χ0v) is 40.2. The highest BCUT2D eigenvalue weighted by atomic mass is 16.6.